The van der Waals surface area contributed by atoms with Gasteiger partial charge in [0.05, 0.1) is 0 Å². The number of halogens is 13. The van der Waals surface area contributed by atoms with Crippen molar-refractivity contribution in [2.45, 2.75) is 41.4 Å². The summed E-state index contributed by atoms with van der Waals surface area (Å²) in [6, 6.07) is 1.76. The minimum absolute atomic E-state index is 0.298. The van der Waals surface area contributed by atoms with E-state index in [1.54, 1.807) is 0 Å². The summed E-state index contributed by atoms with van der Waals surface area (Å²) in [5.41, 5.74) is -0.411. The minimum Gasteiger partial charge on any atom is -0.378 e. The molecular weight excluding hydrogens is 567 g/mol. The molecule has 0 spiro atoms. The fourth-order valence-electron chi connectivity index (χ4n) is 2.21. The topological polar surface area (TPSA) is 78.9 Å². The number of benzene rings is 1. The molecule has 0 aromatic heterocycles. The Morgan fingerprint density at radius 3 is 1.44 bits per heavy atom. The maximum atomic E-state index is 13.9. The summed E-state index contributed by atoms with van der Waals surface area (Å²) in [5.74, 6) is -35.1. The predicted molar refractivity (Wildman–Crippen MR) is 88.9 cm³/mol. The molecule has 0 atom stereocenters. The quantitative estimate of drug-likeness (QED) is 0.161. The Morgan fingerprint density at radius 1 is 0.694 bits per heavy atom. The summed E-state index contributed by atoms with van der Waals surface area (Å²) in [4.78, 5) is 11.9. The smallest absolute Gasteiger partial charge is 0.378 e. The van der Waals surface area contributed by atoms with Crippen LogP contribution in [0.3, 0.4) is 0 Å². The molecule has 1 aromatic carbocycles. The van der Waals surface area contributed by atoms with Gasteiger partial charge in [0.25, 0.3) is 0 Å². The Kier molecular flexibility index (Phi) is 8.37. The van der Waals surface area contributed by atoms with Gasteiger partial charge in [0.15, 0.2) is 0 Å². The first-order valence-corrected chi connectivity index (χ1v) is 9.88. The van der Waals surface area contributed by atoms with Gasteiger partial charge >= 0.3 is 45.2 Å². The minimum atomic E-state index is -8.31. The van der Waals surface area contributed by atoms with E-state index in [1.807, 2.05) is 0 Å². The fraction of sp³-hybridized carbons (Fsp3) is 0.562. The summed E-state index contributed by atoms with van der Waals surface area (Å²) in [5, 5.41) is -7.51. The Hall–Kier alpha value is -2.35. The molecule has 0 saturated carbocycles. The Balaban J connectivity index is 3.42. The third kappa shape index (κ3) is 4.81. The Labute approximate surface area is 192 Å². The van der Waals surface area contributed by atoms with Gasteiger partial charge in [0.2, 0.25) is 12.1 Å². The first-order chi connectivity index (χ1) is 15.9. The van der Waals surface area contributed by atoms with Crippen molar-refractivity contribution in [3.63, 3.8) is 0 Å². The van der Waals surface area contributed by atoms with Crippen molar-refractivity contribution < 1.29 is 83.9 Å². The maximum absolute atomic E-state index is 13.9. The van der Waals surface area contributed by atoms with Crippen LogP contribution in [0.25, 0.3) is 0 Å². The summed E-state index contributed by atoms with van der Waals surface area (Å²) in [6.45, 7) is 0. The van der Waals surface area contributed by atoms with E-state index in [-0.39, 0.29) is 0 Å². The van der Waals surface area contributed by atoms with Crippen molar-refractivity contribution in [2.24, 2.45) is 0 Å². The number of hydrogen-bond donors (Lipinski definition) is 0. The van der Waals surface area contributed by atoms with Crippen LogP contribution in [0.1, 0.15) is 10.4 Å². The van der Waals surface area contributed by atoms with E-state index in [0.29, 0.717) is 24.3 Å². The van der Waals surface area contributed by atoms with E-state index in [9.17, 15) is 70.3 Å². The zero-order valence-electron chi connectivity index (χ0n) is 17.2. The number of ketones is 1. The number of methoxy groups -OCH3 is 2. The van der Waals surface area contributed by atoms with Crippen LogP contribution in [0.15, 0.2) is 24.3 Å². The van der Waals surface area contributed by atoms with Gasteiger partial charge in [-0.25, -0.2) is 0 Å². The van der Waals surface area contributed by atoms with Crippen molar-refractivity contribution in [1.82, 2.24) is 0 Å². The molecular formula is C16H11F13O6S. The van der Waals surface area contributed by atoms with Crippen molar-refractivity contribution in [2.75, 3.05) is 14.2 Å². The van der Waals surface area contributed by atoms with Crippen LogP contribution in [0.2, 0.25) is 0 Å². The maximum Gasteiger partial charge on any atom is 0.460 e. The number of carbonyl (C=O) groups is 1. The average molecular weight is 578 g/mol. The van der Waals surface area contributed by atoms with Gasteiger partial charge in [-0.05, 0) is 24.3 Å². The third-order valence-corrected chi connectivity index (χ3v) is 5.50. The number of hydrogen-bond acceptors (Lipinski definition) is 6. The van der Waals surface area contributed by atoms with E-state index >= 15 is 0 Å². The van der Waals surface area contributed by atoms with Crippen LogP contribution in [-0.4, -0.2) is 69.8 Å². The summed E-state index contributed by atoms with van der Waals surface area (Å²) in [7, 11) is -5.51. The molecule has 6 nitrogen and oxygen atoms in total. The summed E-state index contributed by atoms with van der Waals surface area (Å²) in [6.07, 6.45) is -9.19. The van der Waals surface area contributed by atoms with Gasteiger partial charge in [-0.2, -0.15) is 65.5 Å². The lowest BCUT2D eigenvalue weighted by Crippen LogP contribution is -2.71. The molecule has 0 saturated heterocycles. The zero-order valence-corrected chi connectivity index (χ0v) is 18.0. The number of Topliss-reactive ketones (excluding diaryl/α,β-unsaturated/α-hetero) is 1. The molecule has 0 unspecified atom stereocenters. The second kappa shape index (κ2) is 9.51. The SMILES string of the molecule is COC(OC)C(=O)c1ccc(OS(=O)(=O)C(F)(F)C(F)(F)C(F)(F)C(F)(F)C(F)(F)C(F)(F)F)cc1. The van der Waals surface area contributed by atoms with Gasteiger partial charge in [0.1, 0.15) is 5.75 Å². The molecule has 1 aromatic rings. The number of ether oxygens (including phenoxy) is 2. The monoisotopic (exact) mass is 578 g/mol. The lowest BCUT2D eigenvalue weighted by Gasteiger charge is -2.38. The largest absolute Gasteiger partial charge is 0.460 e. The van der Waals surface area contributed by atoms with E-state index in [1.165, 1.54) is 0 Å². The van der Waals surface area contributed by atoms with Crippen molar-refractivity contribution >= 4 is 15.9 Å². The molecule has 0 aliphatic rings. The van der Waals surface area contributed by atoms with Crippen LogP contribution in [0.5, 0.6) is 5.75 Å². The number of rotatable bonds is 11. The van der Waals surface area contributed by atoms with Gasteiger partial charge in [0, 0.05) is 19.8 Å². The molecule has 0 bridgehead atoms. The Bertz CT molecular complexity index is 1050. The molecule has 208 valence electrons. The molecule has 1 rings (SSSR count). The van der Waals surface area contributed by atoms with E-state index in [2.05, 4.69) is 13.7 Å². The Morgan fingerprint density at radius 2 is 1.08 bits per heavy atom. The van der Waals surface area contributed by atoms with E-state index < -0.39 is 68.6 Å². The molecule has 0 aliphatic carbocycles. The number of carbonyl (C=O) groups excluding carboxylic acids is 1. The molecule has 0 amide bonds. The van der Waals surface area contributed by atoms with Crippen molar-refractivity contribution in [3.8, 4) is 5.75 Å². The van der Waals surface area contributed by atoms with Gasteiger partial charge in [-0.15, -0.1) is 0 Å². The highest BCUT2D eigenvalue weighted by atomic mass is 32.2. The van der Waals surface area contributed by atoms with Crippen LogP contribution in [-0.2, 0) is 19.6 Å². The first-order valence-electron chi connectivity index (χ1n) is 8.47. The summed E-state index contributed by atoms with van der Waals surface area (Å²) < 4.78 is 206. The lowest BCUT2D eigenvalue weighted by atomic mass is 9.98. The van der Waals surface area contributed by atoms with E-state index in [0.717, 1.165) is 14.2 Å². The first kappa shape index (κ1) is 31.7. The zero-order chi connectivity index (χ0) is 28.8. The predicted octanol–water partition coefficient (Wildman–Crippen LogP) is 4.89. The highest BCUT2D eigenvalue weighted by Crippen LogP contribution is 2.61. The van der Waals surface area contributed by atoms with Crippen LogP contribution in [0.4, 0.5) is 57.1 Å². The molecule has 36 heavy (non-hydrogen) atoms. The van der Waals surface area contributed by atoms with Crippen LogP contribution in [0, 0.1) is 0 Å². The molecule has 0 N–H and O–H groups in total. The normalized spacial score (nSPS) is 14.8. The fourth-order valence-corrected chi connectivity index (χ4v) is 3.12. The van der Waals surface area contributed by atoms with Crippen molar-refractivity contribution in [3.05, 3.63) is 29.8 Å². The highest BCUT2D eigenvalue weighted by Gasteiger charge is 2.93. The second-order valence-corrected chi connectivity index (χ2v) is 8.13. The summed E-state index contributed by atoms with van der Waals surface area (Å²) >= 11 is 0. The molecule has 0 heterocycles. The van der Waals surface area contributed by atoms with Crippen molar-refractivity contribution in [1.29, 1.82) is 0 Å². The van der Waals surface area contributed by atoms with Crippen LogP contribution >= 0.6 is 0 Å². The van der Waals surface area contributed by atoms with Gasteiger partial charge in [-0.3, -0.25) is 4.79 Å². The van der Waals surface area contributed by atoms with Crippen LogP contribution < -0.4 is 4.18 Å². The molecule has 0 radical (unpaired) electrons. The standard InChI is InChI=1S/C16H11F13O6S/c1-33-10(34-2)9(30)7-3-5-8(6-4-7)35-36(31,32)16(28,29)14(23,24)12(19,20)11(17,18)13(21,22)15(25,26)27/h3-6,10H,1-2H3. The number of alkyl halides is 13. The second-order valence-electron chi connectivity index (χ2n) is 6.54. The van der Waals surface area contributed by atoms with Gasteiger partial charge in [-0.1, -0.05) is 0 Å². The average Bonchev–Trinajstić information content (AvgIpc) is 2.73. The molecule has 20 heteroatoms. The van der Waals surface area contributed by atoms with E-state index in [4.69, 9.17) is 0 Å². The molecule has 0 fully saturated rings. The van der Waals surface area contributed by atoms with Gasteiger partial charge < -0.3 is 13.7 Å². The highest BCUT2D eigenvalue weighted by molar-refractivity contribution is 7.88. The third-order valence-electron chi connectivity index (χ3n) is 4.21. The molecule has 0 aliphatic heterocycles. The lowest BCUT2D eigenvalue weighted by molar-refractivity contribution is -0.433.